The van der Waals surface area contributed by atoms with Crippen LogP contribution in [0, 0.1) is 5.41 Å². The van der Waals surface area contributed by atoms with Gasteiger partial charge in [0.1, 0.15) is 0 Å². The van der Waals surface area contributed by atoms with Gasteiger partial charge in [-0.05, 0) is 46.2 Å². The summed E-state index contributed by atoms with van der Waals surface area (Å²) in [6.45, 7) is 9.00. The van der Waals surface area contributed by atoms with Crippen LogP contribution in [0.2, 0.25) is 0 Å². The van der Waals surface area contributed by atoms with Crippen molar-refractivity contribution in [2.24, 2.45) is 5.41 Å². The van der Waals surface area contributed by atoms with E-state index in [0.717, 1.165) is 50.6 Å². The fraction of sp³-hybridized carbons (Fsp3) is 0.440. The second-order valence-corrected chi connectivity index (χ2v) is 10.3. The average molecular weight is 484 g/mol. The molecule has 0 saturated heterocycles. The highest BCUT2D eigenvalue weighted by molar-refractivity contribution is 5.59. The Morgan fingerprint density at radius 1 is 0.559 bits per heavy atom. The fourth-order valence-electron chi connectivity index (χ4n) is 4.20. The molecular weight excluding hydrogens is 458 g/mol. The van der Waals surface area contributed by atoms with Crippen LogP contribution in [0.3, 0.4) is 0 Å². The van der Waals surface area contributed by atoms with E-state index in [1.165, 1.54) is 0 Å². The second kappa shape index (κ2) is 8.13. The quantitative estimate of drug-likeness (QED) is 0.353. The number of alkyl halides is 6. The van der Waals surface area contributed by atoms with E-state index in [9.17, 15) is 26.3 Å². The molecule has 3 rings (SSSR count). The number of hydrogen-bond donors (Lipinski definition) is 0. The minimum Gasteiger partial charge on any atom is -0.416 e. The number of aromatic nitrogens is 2. The van der Waals surface area contributed by atoms with Crippen molar-refractivity contribution in [1.82, 2.24) is 10.2 Å². The maximum Gasteiger partial charge on any atom is 0.407 e. The van der Waals surface area contributed by atoms with Crippen molar-refractivity contribution < 1.29 is 30.8 Å². The largest absolute Gasteiger partial charge is 0.416 e. The zero-order valence-electron chi connectivity index (χ0n) is 19.7. The number of hydrogen-bond acceptors (Lipinski definition) is 3. The van der Waals surface area contributed by atoms with E-state index in [-0.39, 0.29) is 22.8 Å². The number of benzene rings is 2. The Morgan fingerprint density at radius 3 is 1.21 bits per heavy atom. The first-order valence-corrected chi connectivity index (χ1v) is 10.6. The third kappa shape index (κ3) is 4.32. The minimum absolute atomic E-state index is 0.0122. The molecule has 0 aliphatic rings. The predicted octanol–water partition coefficient (Wildman–Crippen LogP) is 8.11. The maximum atomic E-state index is 14.0. The molecule has 34 heavy (non-hydrogen) atoms. The van der Waals surface area contributed by atoms with E-state index < -0.39 is 28.7 Å². The van der Waals surface area contributed by atoms with Gasteiger partial charge in [0.15, 0.2) is 5.41 Å². The van der Waals surface area contributed by atoms with Crippen LogP contribution in [0.25, 0.3) is 22.9 Å². The summed E-state index contributed by atoms with van der Waals surface area (Å²) in [7, 11) is 0. The Hall–Kier alpha value is -2.84. The van der Waals surface area contributed by atoms with Gasteiger partial charge in [0, 0.05) is 11.1 Å². The van der Waals surface area contributed by atoms with Crippen molar-refractivity contribution in [3.63, 3.8) is 0 Å². The van der Waals surface area contributed by atoms with Crippen LogP contribution < -0.4 is 0 Å². The van der Waals surface area contributed by atoms with Crippen molar-refractivity contribution in [2.75, 3.05) is 0 Å². The summed E-state index contributed by atoms with van der Waals surface area (Å²) >= 11 is 0. The molecule has 0 saturated carbocycles. The molecule has 0 N–H and O–H groups in total. The molecule has 0 fully saturated rings. The van der Waals surface area contributed by atoms with Crippen molar-refractivity contribution >= 4 is 0 Å². The van der Waals surface area contributed by atoms with Gasteiger partial charge < -0.3 is 4.42 Å². The Balaban J connectivity index is 2.00. The fourth-order valence-corrected chi connectivity index (χ4v) is 4.20. The van der Waals surface area contributed by atoms with Crippen LogP contribution >= 0.6 is 0 Å². The van der Waals surface area contributed by atoms with Gasteiger partial charge in [-0.1, -0.05) is 65.8 Å². The summed E-state index contributed by atoms with van der Waals surface area (Å²) in [5.74, 6) is 0.177. The summed E-state index contributed by atoms with van der Waals surface area (Å²) < 4.78 is 89.7. The first-order valence-electron chi connectivity index (χ1n) is 10.6. The van der Waals surface area contributed by atoms with E-state index >= 15 is 0 Å². The van der Waals surface area contributed by atoms with Crippen molar-refractivity contribution in [3.05, 3.63) is 59.7 Å². The van der Waals surface area contributed by atoms with Gasteiger partial charge in [0.2, 0.25) is 11.8 Å². The molecule has 3 nitrogen and oxygen atoms in total. The van der Waals surface area contributed by atoms with Crippen molar-refractivity contribution in [3.8, 4) is 22.9 Å². The number of rotatable bonds is 3. The SMILES string of the molecule is CC(C)(C)c1ccc(-c2nnc(-c3ccc(C(C(C)(C)C)(C(F)(F)F)C(F)(F)F)cc3)o2)cc1. The molecule has 1 heterocycles. The zero-order valence-corrected chi connectivity index (χ0v) is 19.7. The van der Waals surface area contributed by atoms with Gasteiger partial charge >= 0.3 is 12.4 Å². The molecule has 0 unspecified atom stereocenters. The highest BCUT2D eigenvalue weighted by Crippen LogP contribution is 2.61. The molecule has 0 aliphatic heterocycles. The van der Waals surface area contributed by atoms with E-state index in [0.29, 0.717) is 5.56 Å². The van der Waals surface area contributed by atoms with Crippen LogP contribution in [0.5, 0.6) is 0 Å². The highest BCUT2D eigenvalue weighted by Gasteiger charge is 2.76. The average Bonchev–Trinajstić information content (AvgIpc) is 3.15. The van der Waals surface area contributed by atoms with Crippen molar-refractivity contribution in [2.45, 2.75) is 64.7 Å². The smallest absolute Gasteiger partial charge is 0.407 e. The molecule has 0 aliphatic carbocycles. The summed E-state index contributed by atoms with van der Waals surface area (Å²) in [5.41, 5.74) is -5.24. The lowest BCUT2D eigenvalue weighted by Crippen LogP contribution is -2.61. The van der Waals surface area contributed by atoms with Gasteiger partial charge in [-0.15, -0.1) is 10.2 Å². The van der Waals surface area contributed by atoms with E-state index in [1.54, 1.807) is 0 Å². The monoisotopic (exact) mass is 484 g/mol. The van der Waals surface area contributed by atoms with Crippen molar-refractivity contribution in [1.29, 1.82) is 0 Å². The lowest BCUT2D eigenvalue weighted by Gasteiger charge is -2.47. The third-order valence-corrected chi connectivity index (χ3v) is 5.96. The molecule has 184 valence electrons. The predicted molar refractivity (Wildman–Crippen MR) is 117 cm³/mol. The first kappa shape index (κ1) is 25.8. The van der Waals surface area contributed by atoms with Gasteiger partial charge in [0.05, 0.1) is 0 Å². The zero-order chi connectivity index (χ0) is 25.7. The lowest BCUT2D eigenvalue weighted by molar-refractivity contribution is -0.331. The molecule has 2 aromatic carbocycles. The van der Waals surface area contributed by atoms with Gasteiger partial charge in [-0.2, -0.15) is 26.3 Å². The van der Waals surface area contributed by atoms with Crippen LogP contribution in [-0.4, -0.2) is 22.5 Å². The molecule has 0 amide bonds. The Bertz CT molecular complexity index is 1090. The van der Waals surface area contributed by atoms with Crippen LogP contribution in [0.4, 0.5) is 26.3 Å². The molecule has 0 spiro atoms. The summed E-state index contributed by atoms with van der Waals surface area (Å²) in [5, 5.41) is 7.88. The molecule has 0 radical (unpaired) electrons. The molecule has 9 heteroatoms. The third-order valence-electron chi connectivity index (χ3n) is 5.96. The van der Waals surface area contributed by atoms with E-state index in [4.69, 9.17) is 4.42 Å². The van der Waals surface area contributed by atoms with E-state index in [2.05, 4.69) is 31.0 Å². The Kier molecular flexibility index (Phi) is 6.16. The summed E-state index contributed by atoms with van der Waals surface area (Å²) in [6.07, 6.45) is -11.1. The maximum absolute atomic E-state index is 14.0. The summed E-state index contributed by atoms with van der Waals surface area (Å²) in [4.78, 5) is 0. The normalized spacial score (nSPS) is 13.9. The first-order chi connectivity index (χ1) is 15.4. The standard InChI is InChI=1S/C25H26F6N2O/c1-21(2,3)17-11-7-15(8-12-17)19-32-33-20(34-19)16-9-13-18(14-10-16)23(22(4,5)6,24(26,27)28)25(29,30)31/h7-14H,1-6H3. The molecule has 0 atom stereocenters. The topological polar surface area (TPSA) is 38.9 Å². The number of nitrogens with zero attached hydrogens (tertiary/aromatic N) is 2. The van der Waals surface area contributed by atoms with Crippen LogP contribution in [-0.2, 0) is 10.8 Å². The minimum atomic E-state index is -5.57. The Morgan fingerprint density at radius 2 is 0.912 bits per heavy atom. The highest BCUT2D eigenvalue weighted by atomic mass is 19.4. The van der Waals surface area contributed by atoms with Gasteiger partial charge in [0.25, 0.3) is 0 Å². The van der Waals surface area contributed by atoms with E-state index in [1.807, 2.05) is 24.3 Å². The van der Waals surface area contributed by atoms with Gasteiger partial charge in [-0.25, -0.2) is 0 Å². The molecule has 0 bridgehead atoms. The summed E-state index contributed by atoms with van der Waals surface area (Å²) in [6, 6.07) is 11.4. The Labute approximate surface area is 194 Å². The van der Waals surface area contributed by atoms with Gasteiger partial charge in [-0.3, -0.25) is 0 Å². The number of halogens is 6. The molecule has 3 aromatic rings. The second-order valence-electron chi connectivity index (χ2n) is 10.3. The van der Waals surface area contributed by atoms with Crippen LogP contribution in [0.1, 0.15) is 52.7 Å². The molecule has 1 aromatic heterocycles. The lowest BCUT2D eigenvalue weighted by atomic mass is 9.61. The molecular formula is C25H26F6N2O. The van der Waals surface area contributed by atoms with Crippen LogP contribution in [0.15, 0.2) is 52.9 Å².